The van der Waals surface area contributed by atoms with Crippen LogP contribution in [0.2, 0.25) is 0 Å². The highest BCUT2D eigenvalue weighted by atomic mass is 32.2. The van der Waals surface area contributed by atoms with Gasteiger partial charge in [0.25, 0.3) is 20.2 Å². The van der Waals surface area contributed by atoms with Crippen molar-refractivity contribution in [2.75, 3.05) is 26.4 Å². The lowest BCUT2D eigenvalue weighted by molar-refractivity contribution is -0.341. The second-order valence-corrected chi connectivity index (χ2v) is 11.2. The highest BCUT2D eigenvalue weighted by molar-refractivity contribution is 7.87. The standard InChI is InChI=1S/C22H26O10S2/c1-15-3-7-17(8-4-15)33(23,24)29-13-21-27-11-20-19(31-21)12-28-22(32-20)14-30-34(25,26)18-9-5-16(2)6-10-18/h3-10,19-22H,11-14H2,1-2H3/t19-,20-,21+,22+/m0/s1. The summed E-state index contributed by atoms with van der Waals surface area (Å²) in [6.07, 6.45) is -2.92. The van der Waals surface area contributed by atoms with E-state index in [9.17, 15) is 16.8 Å². The van der Waals surface area contributed by atoms with Gasteiger partial charge < -0.3 is 18.9 Å². The molecule has 2 aliphatic heterocycles. The zero-order chi connectivity index (χ0) is 24.3. The quantitative estimate of drug-likeness (QED) is 0.483. The number of hydrogen-bond acceptors (Lipinski definition) is 10. The van der Waals surface area contributed by atoms with Gasteiger partial charge in [0, 0.05) is 0 Å². The summed E-state index contributed by atoms with van der Waals surface area (Å²) in [4.78, 5) is 0.0825. The minimum atomic E-state index is -3.96. The van der Waals surface area contributed by atoms with Crippen LogP contribution in [0.1, 0.15) is 11.1 Å². The van der Waals surface area contributed by atoms with Gasteiger partial charge in [-0.3, -0.25) is 8.37 Å². The van der Waals surface area contributed by atoms with Gasteiger partial charge in [0.2, 0.25) is 0 Å². The van der Waals surface area contributed by atoms with Crippen LogP contribution in [0, 0.1) is 13.8 Å². The van der Waals surface area contributed by atoms with Crippen molar-refractivity contribution in [3.05, 3.63) is 59.7 Å². The van der Waals surface area contributed by atoms with Gasteiger partial charge in [-0.15, -0.1) is 0 Å². The summed E-state index contributed by atoms with van der Waals surface area (Å²) in [6, 6.07) is 12.6. The van der Waals surface area contributed by atoms with E-state index in [2.05, 4.69) is 0 Å². The lowest BCUT2D eigenvalue weighted by Gasteiger charge is -2.41. The zero-order valence-corrected chi connectivity index (χ0v) is 20.3. The average Bonchev–Trinajstić information content (AvgIpc) is 2.82. The van der Waals surface area contributed by atoms with Crippen LogP contribution in [0.3, 0.4) is 0 Å². The summed E-state index contributed by atoms with van der Waals surface area (Å²) in [5.74, 6) is 0. The smallest absolute Gasteiger partial charge is 0.297 e. The number of fused-ring (bicyclic) bond motifs is 1. The second kappa shape index (κ2) is 10.4. The molecule has 0 aliphatic carbocycles. The molecule has 2 aromatic carbocycles. The molecule has 12 heteroatoms. The normalized spacial score (nSPS) is 25.6. The van der Waals surface area contributed by atoms with Gasteiger partial charge in [0.1, 0.15) is 25.4 Å². The molecule has 10 nitrogen and oxygen atoms in total. The Morgan fingerprint density at radius 1 is 0.676 bits per heavy atom. The van der Waals surface area contributed by atoms with Crippen LogP contribution >= 0.6 is 0 Å². The number of rotatable bonds is 8. The van der Waals surface area contributed by atoms with Crippen LogP contribution in [-0.4, -0.2) is 68.1 Å². The molecule has 34 heavy (non-hydrogen) atoms. The summed E-state index contributed by atoms with van der Waals surface area (Å²) in [6.45, 7) is 3.22. The predicted molar refractivity (Wildman–Crippen MR) is 118 cm³/mol. The number of benzene rings is 2. The van der Waals surface area contributed by atoms with Crippen molar-refractivity contribution in [1.82, 2.24) is 0 Å². The van der Waals surface area contributed by atoms with Crippen LogP contribution in [0.5, 0.6) is 0 Å². The third-order valence-electron chi connectivity index (χ3n) is 5.30. The van der Waals surface area contributed by atoms with E-state index in [1.165, 1.54) is 24.3 Å². The molecule has 0 saturated carbocycles. The third-order valence-corrected chi connectivity index (χ3v) is 7.89. The van der Waals surface area contributed by atoms with Crippen LogP contribution in [0.15, 0.2) is 58.3 Å². The van der Waals surface area contributed by atoms with Gasteiger partial charge in [-0.2, -0.15) is 16.8 Å². The monoisotopic (exact) mass is 514 g/mol. The summed E-state index contributed by atoms with van der Waals surface area (Å²) in [7, 11) is -7.91. The van der Waals surface area contributed by atoms with E-state index in [1.54, 1.807) is 24.3 Å². The Kier molecular flexibility index (Phi) is 7.69. The van der Waals surface area contributed by atoms with E-state index in [0.717, 1.165) is 11.1 Å². The molecule has 186 valence electrons. The summed E-state index contributed by atoms with van der Waals surface area (Å²) in [5.41, 5.74) is 1.86. The minimum absolute atomic E-state index is 0.0413. The van der Waals surface area contributed by atoms with Crippen molar-refractivity contribution >= 4 is 20.2 Å². The van der Waals surface area contributed by atoms with Crippen molar-refractivity contribution in [2.24, 2.45) is 0 Å². The number of hydrogen-bond donors (Lipinski definition) is 0. The molecule has 0 radical (unpaired) electrons. The Balaban J connectivity index is 1.24. The van der Waals surface area contributed by atoms with E-state index < -0.39 is 45.0 Å². The molecule has 0 amide bonds. The molecule has 4 rings (SSSR count). The number of ether oxygens (including phenoxy) is 4. The average molecular weight is 515 g/mol. The maximum atomic E-state index is 12.3. The lowest BCUT2D eigenvalue weighted by atomic mass is 10.2. The van der Waals surface area contributed by atoms with Crippen molar-refractivity contribution in [1.29, 1.82) is 0 Å². The topological polar surface area (TPSA) is 124 Å². The van der Waals surface area contributed by atoms with Crippen LogP contribution in [0.25, 0.3) is 0 Å². The summed E-state index contributed by atoms with van der Waals surface area (Å²) < 4.78 is 81.9. The molecule has 0 spiro atoms. The van der Waals surface area contributed by atoms with Gasteiger partial charge in [0.05, 0.1) is 23.0 Å². The van der Waals surface area contributed by atoms with E-state index in [0.29, 0.717) is 0 Å². The highest BCUT2D eigenvalue weighted by Crippen LogP contribution is 2.25. The molecule has 2 aromatic rings. The molecular formula is C22H26O10S2. The molecule has 2 fully saturated rings. The van der Waals surface area contributed by atoms with Gasteiger partial charge in [-0.05, 0) is 38.1 Å². The Labute approximate surface area is 198 Å². The largest absolute Gasteiger partial charge is 0.347 e. The van der Waals surface area contributed by atoms with E-state index in [-0.39, 0.29) is 36.2 Å². The molecule has 2 aliphatic rings. The second-order valence-electron chi connectivity index (χ2n) is 7.98. The molecule has 2 saturated heterocycles. The van der Waals surface area contributed by atoms with Gasteiger partial charge in [0.15, 0.2) is 12.6 Å². The Bertz CT molecular complexity index is 1080. The Morgan fingerprint density at radius 3 is 1.38 bits per heavy atom. The van der Waals surface area contributed by atoms with Crippen molar-refractivity contribution < 1.29 is 44.1 Å². The van der Waals surface area contributed by atoms with Crippen molar-refractivity contribution in [3.8, 4) is 0 Å². The maximum absolute atomic E-state index is 12.3. The summed E-state index contributed by atoms with van der Waals surface area (Å²) in [5, 5.41) is 0. The Morgan fingerprint density at radius 2 is 1.03 bits per heavy atom. The highest BCUT2D eigenvalue weighted by Gasteiger charge is 2.40. The Hall–Kier alpha value is -1.90. The molecule has 2 heterocycles. The zero-order valence-electron chi connectivity index (χ0n) is 18.7. The maximum Gasteiger partial charge on any atom is 0.297 e. The van der Waals surface area contributed by atoms with E-state index in [4.69, 9.17) is 27.3 Å². The molecule has 0 unspecified atom stereocenters. The molecule has 0 bridgehead atoms. The third kappa shape index (κ3) is 6.20. The summed E-state index contributed by atoms with van der Waals surface area (Å²) >= 11 is 0. The minimum Gasteiger partial charge on any atom is -0.347 e. The fraction of sp³-hybridized carbons (Fsp3) is 0.455. The van der Waals surface area contributed by atoms with Crippen LogP contribution in [-0.2, 0) is 47.5 Å². The first-order chi connectivity index (χ1) is 16.1. The fourth-order valence-corrected chi connectivity index (χ4v) is 5.14. The van der Waals surface area contributed by atoms with Crippen molar-refractivity contribution in [3.63, 3.8) is 0 Å². The fourth-order valence-electron chi connectivity index (χ4n) is 3.35. The van der Waals surface area contributed by atoms with Crippen LogP contribution < -0.4 is 0 Å². The molecule has 4 atom stereocenters. The first-order valence-electron chi connectivity index (χ1n) is 10.6. The van der Waals surface area contributed by atoms with Crippen LogP contribution in [0.4, 0.5) is 0 Å². The lowest BCUT2D eigenvalue weighted by Crippen LogP contribution is -2.54. The van der Waals surface area contributed by atoms with Gasteiger partial charge in [-0.25, -0.2) is 0 Å². The SMILES string of the molecule is Cc1ccc(S(=O)(=O)OC[C@@H]2OC[C@@H]3O[C@H](COS(=O)(=O)c4ccc(C)cc4)OC[C@@H]3O2)cc1. The molecule has 0 N–H and O–H groups in total. The number of aryl methyl sites for hydroxylation is 2. The van der Waals surface area contributed by atoms with Gasteiger partial charge >= 0.3 is 0 Å². The van der Waals surface area contributed by atoms with E-state index in [1.807, 2.05) is 13.8 Å². The first-order valence-corrected chi connectivity index (χ1v) is 13.4. The predicted octanol–water partition coefficient (Wildman–Crippen LogP) is 1.90. The van der Waals surface area contributed by atoms with Gasteiger partial charge in [-0.1, -0.05) is 35.4 Å². The molecule has 0 aromatic heterocycles. The molecular weight excluding hydrogens is 488 g/mol. The van der Waals surface area contributed by atoms with Crippen molar-refractivity contribution in [2.45, 2.75) is 48.4 Å². The first kappa shape index (κ1) is 25.2. The van der Waals surface area contributed by atoms with E-state index >= 15 is 0 Å².